The van der Waals surface area contributed by atoms with E-state index in [0.29, 0.717) is 19.0 Å². The second-order valence-electron chi connectivity index (χ2n) is 4.83. The number of benzene rings is 1. The van der Waals surface area contributed by atoms with E-state index in [0.717, 1.165) is 23.5 Å². The molecule has 1 heterocycles. The molecule has 124 valence electrons. The summed E-state index contributed by atoms with van der Waals surface area (Å²) in [6, 6.07) is 5.00. The zero-order valence-corrected chi connectivity index (χ0v) is 12.7. The Morgan fingerprint density at radius 3 is 2.35 bits per heavy atom. The van der Waals surface area contributed by atoms with Crippen LogP contribution in [0.15, 0.2) is 35.6 Å². The lowest BCUT2D eigenvalue weighted by Crippen LogP contribution is -2.36. The van der Waals surface area contributed by atoms with Crippen molar-refractivity contribution in [2.75, 3.05) is 7.05 Å². The van der Waals surface area contributed by atoms with Crippen LogP contribution in [0.5, 0.6) is 0 Å². The zero-order chi connectivity index (χ0) is 16.9. The van der Waals surface area contributed by atoms with Crippen LogP contribution in [0.4, 0.5) is 13.2 Å². The van der Waals surface area contributed by atoms with Crippen molar-refractivity contribution in [3.8, 4) is 0 Å². The van der Waals surface area contributed by atoms with Crippen molar-refractivity contribution in [1.29, 1.82) is 0 Å². The van der Waals surface area contributed by atoms with Gasteiger partial charge in [0.15, 0.2) is 11.8 Å². The van der Waals surface area contributed by atoms with E-state index in [4.69, 9.17) is 0 Å². The van der Waals surface area contributed by atoms with Gasteiger partial charge in [-0.25, -0.2) is 0 Å². The van der Waals surface area contributed by atoms with Gasteiger partial charge in [0.2, 0.25) is 0 Å². The van der Waals surface area contributed by atoms with E-state index < -0.39 is 11.7 Å². The quantitative estimate of drug-likeness (QED) is 0.663. The summed E-state index contributed by atoms with van der Waals surface area (Å²) >= 11 is 0. The number of hydrogen-bond acceptors (Lipinski definition) is 3. The fraction of sp³-hybridized carbons (Fsp3) is 0.357. The Morgan fingerprint density at radius 2 is 1.83 bits per heavy atom. The summed E-state index contributed by atoms with van der Waals surface area (Å²) in [5, 5.41) is 13.8. The summed E-state index contributed by atoms with van der Waals surface area (Å²) in [4.78, 5) is 4.05. The molecule has 0 aliphatic carbocycles. The lowest BCUT2D eigenvalue weighted by molar-refractivity contribution is -0.137. The number of halogens is 3. The van der Waals surface area contributed by atoms with Crippen molar-refractivity contribution in [2.24, 2.45) is 12.0 Å². The van der Waals surface area contributed by atoms with Crippen LogP contribution in [0.1, 0.15) is 17.0 Å². The highest BCUT2D eigenvalue weighted by molar-refractivity contribution is 5.79. The van der Waals surface area contributed by atoms with Crippen molar-refractivity contribution in [3.63, 3.8) is 0 Å². The minimum Gasteiger partial charge on any atom is -0.352 e. The Kier molecular flexibility index (Phi) is 5.20. The summed E-state index contributed by atoms with van der Waals surface area (Å²) < 4.78 is 39.3. The molecule has 0 unspecified atom stereocenters. The maximum atomic E-state index is 12.5. The molecule has 2 N–H and O–H groups in total. The Bertz CT molecular complexity index is 660. The fourth-order valence-electron chi connectivity index (χ4n) is 1.85. The summed E-state index contributed by atoms with van der Waals surface area (Å²) in [6.07, 6.45) is -2.73. The molecule has 1 aromatic carbocycles. The first-order valence-corrected chi connectivity index (χ1v) is 6.83. The van der Waals surface area contributed by atoms with Crippen LogP contribution in [0.25, 0.3) is 0 Å². The second-order valence-corrected chi connectivity index (χ2v) is 4.83. The van der Waals surface area contributed by atoms with Gasteiger partial charge in [0.05, 0.1) is 12.1 Å². The molecule has 23 heavy (non-hydrogen) atoms. The molecule has 1 aromatic heterocycles. The molecule has 0 spiro atoms. The lowest BCUT2D eigenvalue weighted by atomic mass is 10.1. The summed E-state index contributed by atoms with van der Waals surface area (Å²) in [5.74, 6) is 1.26. The second kappa shape index (κ2) is 7.12. The molecule has 2 aromatic rings. The van der Waals surface area contributed by atoms with Crippen LogP contribution in [0.2, 0.25) is 0 Å². The largest absolute Gasteiger partial charge is 0.416 e. The highest BCUT2D eigenvalue weighted by Crippen LogP contribution is 2.28. The average molecular weight is 326 g/mol. The predicted octanol–water partition coefficient (Wildman–Crippen LogP) is 1.70. The molecule has 0 radical (unpaired) electrons. The van der Waals surface area contributed by atoms with Gasteiger partial charge in [-0.05, 0) is 17.7 Å². The molecule has 0 fully saturated rings. The third-order valence-corrected chi connectivity index (χ3v) is 3.18. The monoisotopic (exact) mass is 326 g/mol. The van der Waals surface area contributed by atoms with Gasteiger partial charge in [-0.3, -0.25) is 4.99 Å². The number of hydrogen-bond donors (Lipinski definition) is 2. The molecule has 0 aliphatic rings. The molecule has 2 rings (SSSR count). The topological polar surface area (TPSA) is 67.1 Å². The molecule has 9 heteroatoms. The van der Waals surface area contributed by atoms with E-state index in [2.05, 4.69) is 25.8 Å². The van der Waals surface area contributed by atoms with Gasteiger partial charge in [-0.2, -0.15) is 13.2 Å². The van der Waals surface area contributed by atoms with E-state index in [1.54, 1.807) is 17.9 Å². The standard InChI is InChI=1S/C14H17F3N6/c1-18-13(20-8-12-22-21-9-23(12)2)19-7-10-3-5-11(6-4-10)14(15,16)17/h3-6,9H,7-8H2,1-2H3,(H2,18,19,20). The van der Waals surface area contributed by atoms with Crippen LogP contribution in [0, 0.1) is 0 Å². The molecule has 0 aliphatic heterocycles. The van der Waals surface area contributed by atoms with Gasteiger partial charge < -0.3 is 15.2 Å². The van der Waals surface area contributed by atoms with E-state index in [-0.39, 0.29) is 0 Å². The number of rotatable bonds is 4. The molecular weight excluding hydrogens is 309 g/mol. The van der Waals surface area contributed by atoms with Crippen LogP contribution in [0.3, 0.4) is 0 Å². The summed E-state index contributed by atoms with van der Waals surface area (Å²) in [6.45, 7) is 0.791. The van der Waals surface area contributed by atoms with E-state index >= 15 is 0 Å². The van der Waals surface area contributed by atoms with E-state index in [9.17, 15) is 13.2 Å². The van der Waals surface area contributed by atoms with E-state index in [1.165, 1.54) is 12.1 Å². The van der Waals surface area contributed by atoms with Crippen molar-refractivity contribution >= 4 is 5.96 Å². The Balaban J connectivity index is 1.87. The van der Waals surface area contributed by atoms with E-state index in [1.807, 2.05) is 7.05 Å². The van der Waals surface area contributed by atoms with Gasteiger partial charge in [0.25, 0.3) is 0 Å². The maximum absolute atomic E-state index is 12.5. The minimum absolute atomic E-state index is 0.358. The van der Waals surface area contributed by atoms with Crippen LogP contribution < -0.4 is 10.6 Å². The van der Waals surface area contributed by atoms with Gasteiger partial charge >= 0.3 is 6.18 Å². The van der Waals surface area contributed by atoms with Gasteiger partial charge in [0, 0.05) is 20.6 Å². The summed E-state index contributed by atoms with van der Waals surface area (Å²) in [5.41, 5.74) is 0.0608. The zero-order valence-electron chi connectivity index (χ0n) is 12.7. The van der Waals surface area contributed by atoms with Crippen molar-refractivity contribution < 1.29 is 13.2 Å². The van der Waals surface area contributed by atoms with Gasteiger partial charge in [-0.1, -0.05) is 12.1 Å². The lowest BCUT2D eigenvalue weighted by Gasteiger charge is -2.12. The van der Waals surface area contributed by atoms with Gasteiger partial charge in [-0.15, -0.1) is 10.2 Å². The van der Waals surface area contributed by atoms with Gasteiger partial charge in [0.1, 0.15) is 6.33 Å². The van der Waals surface area contributed by atoms with Crippen LogP contribution in [-0.2, 0) is 26.3 Å². The number of nitrogens with one attached hydrogen (secondary N) is 2. The Hall–Kier alpha value is -2.58. The smallest absolute Gasteiger partial charge is 0.352 e. The molecule has 0 saturated carbocycles. The number of aromatic nitrogens is 3. The van der Waals surface area contributed by atoms with Crippen molar-refractivity contribution in [2.45, 2.75) is 19.3 Å². The average Bonchev–Trinajstić information content (AvgIpc) is 2.92. The highest BCUT2D eigenvalue weighted by Gasteiger charge is 2.29. The highest BCUT2D eigenvalue weighted by atomic mass is 19.4. The minimum atomic E-state index is -4.32. The van der Waals surface area contributed by atoms with Crippen LogP contribution >= 0.6 is 0 Å². The third-order valence-electron chi connectivity index (χ3n) is 3.18. The number of guanidine groups is 1. The maximum Gasteiger partial charge on any atom is 0.416 e. The molecule has 0 amide bonds. The number of aliphatic imine (C=N–C) groups is 1. The Morgan fingerprint density at radius 1 is 1.17 bits per heavy atom. The fourth-order valence-corrected chi connectivity index (χ4v) is 1.85. The predicted molar refractivity (Wildman–Crippen MR) is 79.5 cm³/mol. The van der Waals surface area contributed by atoms with Crippen molar-refractivity contribution in [1.82, 2.24) is 25.4 Å². The van der Waals surface area contributed by atoms with Crippen LogP contribution in [-0.4, -0.2) is 27.8 Å². The SMILES string of the molecule is CN=C(NCc1ccc(C(F)(F)F)cc1)NCc1nncn1C. The number of alkyl halides is 3. The summed E-state index contributed by atoms with van der Waals surface area (Å²) in [7, 11) is 3.44. The number of nitrogens with zero attached hydrogens (tertiary/aromatic N) is 4. The third kappa shape index (κ3) is 4.70. The number of aryl methyl sites for hydroxylation is 1. The normalized spacial score (nSPS) is 12.3. The molecular formula is C14H17F3N6. The molecule has 0 saturated heterocycles. The first kappa shape index (κ1) is 16.8. The molecule has 0 bridgehead atoms. The molecule has 6 nitrogen and oxygen atoms in total. The first-order chi connectivity index (χ1) is 10.9. The van der Waals surface area contributed by atoms with Crippen molar-refractivity contribution in [3.05, 3.63) is 47.5 Å². The first-order valence-electron chi connectivity index (χ1n) is 6.83. The molecule has 0 atom stereocenters. The Labute approximate surface area is 131 Å².